The van der Waals surface area contributed by atoms with Gasteiger partial charge >= 0.3 is 5.97 Å². The lowest BCUT2D eigenvalue weighted by molar-refractivity contribution is -0.385. The van der Waals surface area contributed by atoms with Gasteiger partial charge in [-0.2, -0.15) is 0 Å². The van der Waals surface area contributed by atoms with E-state index in [2.05, 4.69) is 0 Å². The van der Waals surface area contributed by atoms with Gasteiger partial charge in [-0.1, -0.05) is 24.3 Å². The van der Waals surface area contributed by atoms with Gasteiger partial charge < -0.3 is 9.47 Å². The quantitative estimate of drug-likeness (QED) is 0.337. The van der Waals surface area contributed by atoms with Crippen LogP contribution in [0.1, 0.15) is 11.1 Å². The van der Waals surface area contributed by atoms with Crippen LogP contribution >= 0.6 is 0 Å². The van der Waals surface area contributed by atoms with Crippen LogP contribution in [0, 0.1) is 10.1 Å². The molecule has 0 amide bonds. The molecular formula is C18H17NO5. The van der Waals surface area contributed by atoms with E-state index in [0.717, 1.165) is 11.3 Å². The molecule has 0 unspecified atom stereocenters. The lowest BCUT2D eigenvalue weighted by atomic mass is 10.1. The van der Waals surface area contributed by atoms with E-state index >= 15 is 0 Å². The number of carbonyl (C=O) groups excluding carboxylic acids is 1. The normalized spacial score (nSPS) is 10.5. The summed E-state index contributed by atoms with van der Waals surface area (Å²) in [6.07, 6.45) is 3.15. The third-order valence-corrected chi connectivity index (χ3v) is 3.33. The summed E-state index contributed by atoms with van der Waals surface area (Å²) in [6.45, 7) is 0.229. The Balaban J connectivity index is 1.86. The number of nitro benzene ring substituents is 1. The molecule has 2 aromatic carbocycles. The predicted molar refractivity (Wildman–Crippen MR) is 89.8 cm³/mol. The first-order valence-electron chi connectivity index (χ1n) is 7.31. The molecule has 2 aromatic rings. The van der Waals surface area contributed by atoms with Crippen molar-refractivity contribution in [2.24, 2.45) is 0 Å². The Bertz CT molecular complexity index is 737. The third kappa shape index (κ3) is 4.95. The average Bonchev–Trinajstić information content (AvgIpc) is 2.60. The van der Waals surface area contributed by atoms with Crippen LogP contribution in [-0.2, 0) is 16.0 Å². The van der Waals surface area contributed by atoms with Crippen LogP contribution in [0.25, 0.3) is 6.08 Å². The molecule has 0 spiro atoms. The standard InChI is InChI=1S/C18H17NO5/c1-23-16-9-6-14(7-10-16)12-13-24-18(20)11-8-15-4-2-3-5-17(15)19(21)22/h2-11H,12-13H2,1H3/b11-8+. The zero-order valence-corrected chi connectivity index (χ0v) is 13.2. The summed E-state index contributed by atoms with van der Waals surface area (Å²) >= 11 is 0. The van der Waals surface area contributed by atoms with E-state index in [1.54, 1.807) is 25.3 Å². The molecule has 6 heteroatoms. The molecule has 0 heterocycles. The summed E-state index contributed by atoms with van der Waals surface area (Å²) in [7, 11) is 1.60. The summed E-state index contributed by atoms with van der Waals surface area (Å²) in [6, 6.07) is 13.7. The van der Waals surface area contributed by atoms with Crippen LogP contribution in [0.2, 0.25) is 0 Å². The van der Waals surface area contributed by atoms with Crippen molar-refractivity contribution in [1.82, 2.24) is 0 Å². The molecule has 24 heavy (non-hydrogen) atoms. The van der Waals surface area contributed by atoms with Crippen molar-refractivity contribution in [2.75, 3.05) is 13.7 Å². The highest BCUT2D eigenvalue weighted by atomic mass is 16.6. The number of benzene rings is 2. The highest BCUT2D eigenvalue weighted by molar-refractivity contribution is 5.87. The summed E-state index contributed by atoms with van der Waals surface area (Å²) < 4.78 is 10.2. The fourth-order valence-electron chi connectivity index (χ4n) is 2.06. The maximum Gasteiger partial charge on any atom is 0.330 e. The van der Waals surface area contributed by atoms with Gasteiger partial charge in [0.1, 0.15) is 5.75 Å². The van der Waals surface area contributed by atoms with Crippen molar-refractivity contribution in [2.45, 2.75) is 6.42 Å². The lowest BCUT2D eigenvalue weighted by Gasteiger charge is -2.04. The number of nitrogens with zero attached hydrogens (tertiary/aromatic N) is 1. The molecule has 6 nitrogen and oxygen atoms in total. The monoisotopic (exact) mass is 327 g/mol. The number of hydrogen-bond donors (Lipinski definition) is 0. The summed E-state index contributed by atoms with van der Waals surface area (Å²) in [5.74, 6) is 0.227. The molecular weight excluding hydrogens is 310 g/mol. The first-order chi connectivity index (χ1) is 11.6. The van der Waals surface area contributed by atoms with Gasteiger partial charge in [0.2, 0.25) is 0 Å². The molecule has 0 saturated heterocycles. The van der Waals surface area contributed by atoms with Crippen LogP contribution in [0.4, 0.5) is 5.69 Å². The minimum Gasteiger partial charge on any atom is -0.497 e. The zero-order chi connectivity index (χ0) is 17.4. The Morgan fingerprint density at radius 3 is 2.54 bits per heavy atom. The highest BCUT2D eigenvalue weighted by Gasteiger charge is 2.09. The van der Waals surface area contributed by atoms with Crippen molar-refractivity contribution in [3.63, 3.8) is 0 Å². The Morgan fingerprint density at radius 1 is 1.17 bits per heavy atom. The van der Waals surface area contributed by atoms with Crippen molar-refractivity contribution in [3.8, 4) is 5.75 Å². The minimum absolute atomic E-state index is 0.0558. The molecule has 0 aromatic heterocycles. The number of hydrogen-bond acceptors (Lipinski definition) is 5. The molecule has 2 rings (SSSR count). The van der Waals surface area contributed by atoms with Crippen molar-refractivity contribution in [1.29, 1.82) is 0 Å². The highest BCUT2D eigenvalue weighted by Crippen LogP contribution is 2.19. The Hall–Kier alpha value is -3.15. The maximum absolute atomic E-state index is 11.7. The largest absolute Gasteiger partial charge is 0.497 e. The average molecular weight is 327 g/mol. The molecule has 0 fully saturated rings. The number of nitro groups is 1. The van der Waals surface area contributed by atoms with Crippen molar-refractivity contribution >= 4 is 17.7 Å². The number of para-hydroxylation sites is 1. The zero-order valence-electron chi connectivity index (χ0n) is 13.2. The minimum atomic E-state index is -0.540. The molecule has 0 saturated carbocycles. The molecule has 0 aliphatic heterocycles. The van der Waals surface area contributed by atoms with Crippen molar-refractivity contribution < 1.29 is 19.2 Å². The van der Waals surface area contributed by atoms with Gasteiger partial charge in [0.15, 0.2) is 0 Å². The van der Waals surface area contributed by atoms with Gasteiger partial charge in [0.05, 0.1) is 24.2 Å². The second-order valence-corrected chi connectivity index (χ2v) is 4.91. The number of rotatable bonds is 7. The van der Waals surface area contributed by atoms with Gasteiger partial charge in [-0.15, -0.1) is 0 Å². The molecule has 0 bridgehead atoms. The van der Waals surface area contributed by atoms with E-state index in [-0.39, 0.29) is 12.3 Å². The number of methoxy groups -OCH3 is 1. The maximum atomic E-state index is 11.7. The molecule has 0 atom stereocenters. The Morgan fingerprint density at radius 2 is 1.88 bits per heavy atom. The second-order valence-electron chi connectivity index (χ2n) is 4.91. The van der Waals surface area contributed by atoms with E-state index in [9.17, 15) is 14.9 Å². The first-order valence-corrected chi connectivity index (χ1v) is 7.31. The van der Waals surface area contributed by atoms with Crippen LogP contribution < -0.4 is 4.74 Å². The molecule has 124 valence electrons. The SMILES string of the molecule is COc1ccc(CCOC(=O)/C=C/c2ccccc2[N+](=O)[O-])cc1. The van der Waals surface area contributed by atoms with Crippen LogP contribution in [0.3, 0.4) is 0 Å². The molecule has 0 aliphatic rings. The number of carbonyl (C=O) groups is 1. The lowest BCUT2D eigenvalue weighted by Crippen LogP contribution is -2.04. The van der Waals surface area contributed by atoms with E-state index in [1.807, 2.05) is 24.3 Å². The summed E-state index contributed by atoms with van der Waals surface area (Å²) in [5.41, 5.74) is 1.32. The van der Waals surface area contributed by atoms with Crippen molar-refractivity contribution in [3.05, 3.63) is 75.8 Å². The predicted octanol–water partition coefficient (Wildman–Crippen LogP) is 3.40. The van der Waals surface area contributed by atoms with E-state index in [4.69, 9.17) is 9.47 Å². The van der Waals surface area contributed by atoms with Gasteiger partial charge in [-0.3, -0.25) is 10.1 Å². The van der Waals surface area contributed by atoms with Crippen LogP contribution in [-0.4, -0.2) is 24.6 Å². The fourth-order valence-corrected chi connectivity index (χ4v) is 2.06. The summed E-state index contributed by atoms with van der Waals surface area (Å²) in [4.78, 5) is 22.1. The third-order valence-electron chi connectivity index (χ3n) is 3.33. The topological polar surface area (TPSA) is 78.7 Å². The first kappa shape index (κ1) is 17.2. The summed E-state index contributed by atoms with van der Waals surface area (Å²) in [5, 5.41) is 10.9. The van der Waals surface area contributed by atoms with Gasteiger partial charge in [0.25, 0.3) is 5.69 Å². The Labute approximate surface area is 139 Å². The van der Waals surface area contributed by atoms with E-state index in [0.29, 0.717) is 12.0 Å². The number of ether oxygens (including phenoxy) is 2. The Kier molecular flexibility index (Phi) is 6.08. The van der Waals surface area contributed by atoms with Crippen LogP contribution in [0.15, 0.2) is 54.6 Å². The smallest absolute Gasteiger partial charge is 0.330 e. The molecule has 0 radical (unpaired) electrons. The fraction of sp³-hybridized carbons (Fsp3) is 0.167. The van der Waals surface area contributed by atoms with Gasteiger partial charge in [-0.05, 0) is 29.8 Å². The molecule has 0 aliphatic carbocycles. The van der Waals surface area contributed by atoms with E-state index in [1.165, 1.54) is 18.2 Å². The van der Waals surface area contributed by atoms with Gasteiger partial charge in [0, 0.05) is 18.6 Å². The molecule has 0 N–H and O–H groups in total. The van der Waals surface area contributed by atoms with E-state index < -0.39 is 10.9 Å². The van der Waals surface area contributed by atoms with Crippen LogP contribution in [0.5, 0.6) is 5.75 Å². The van der Waals surface area contributed by atoms with Gasteiger partial charge in [-0.25, -0.2) is 4.79 Å². The second kappa shape index (κ2) is 8.47. The number of esters is 1.